The molecule has 1 nitrogen and oxygen atoms in total. The number of halogens is 2. The summed E-state index contributed by atoms with van der Waals surface area (Å²) in [5, 5.41) is 3.76. The lowest BCUT2D eigenvalue weighted by Gasteiger charge is -2.14. The Labute approximate surface area is 118 Å². The average Bonchev–Trinajstić information content (AvgIpc) is 2.35. The zero-order valence-electron chi connectivity index (χ0n) is 11.1. The molecule has 0 aromatic heterocycles. The molecule has 2 rings (SSSR count). The predicted octanol–water partition coefficient (Wildman–Crippen LogP) is 5.21. The molecule has 100 valence electrons. The summed E-state index contributed by atoms with van der Waals surface area (Å²) in [6, 6.07) is 12.7. The molecule has 19 heavy (non-hydrogen) atoms. The maximum Gasteiger partial charge on any atom is 0.125 e. The molecule has 3 heteroatoms. The highest BCUT2D eigenvalue weighted by Gasteiger charge is 2.06. The van der Waals surface area contributed by atoms with Gasteiger partial charge in [0.15, 0.2) is 0 Å². The third-order valence-corrected chi connectivity index (χ3v) is 3.21. The normalized spacial score (nSPS) is 10.8. The van der Waals surface area contributed by atoms with Crippen molar-refractivity contribution in [1.82, 2.24) is 0 Å². The second-order valence-electron chi connectivity index (χ2n) is 4.87. The van der Waals surface area contributed by atoms with Gasteiger partial charge in [-0.05, 0) is 41.3 Å². The van der Waals surface area contributed by atoms with Gasteiger partial charge in [0.2, 0.25) is 0 Å². The first-order valence-corrected chi connectivity index (χ1v) is 6.72. The van der Waals surface area contributed by atoms with E-state index in [0.717, 1.165) is 11.3 Å². The quantitative estimate of drug-likeness (QED) is 0.808. The van der Waals surface area contributed by atoms with Crippen LogP contribution < -0.4 is 5.32 Å². The van der Waals surface area contributed by atoms with Gasteiger partial charge in [-0.3, -0.25) is 0 Å². The van der Waals surface area contributed by atoms with E-state index in [1.807, 2.05) is 18.2 Å². The summed E-state index contributed by atoms with van der Waals surface area (Å²) in [5.41, 5.74) is 3.17. The third kappa shape index (κ3) is 3.71. The van der Waals surface area contributed by atoms with Crippen LogP contribution in [0.2, 0.25) is 5.02 Å². The van der Waals surface area contributed by atoms with Crippen LogP contribution in [-0.4, -0.2) is 0 Å². The molecule has 0 unspecified atom stereocenters. The SMILES string of the molecule is CC(C)c1ccccc1NCc1cc(F)cc(Cl)c1. The second-order valence-corrected chi connectivity index (χ2v) is 5.31. The molecule has 0 atom stereocenters. The van der Waals surface area contributed by atoms with E-state index in [0.29, 0.717) is 17.5 Å². The van der Waals surface area contributed by atoms with Crippen LogP contribution in [0.5, 0.6) is 0 Å². The second kappa shape index (κ2) is 6.07. The Kier molecular flexibility index (Phi) is 4.43. The van der Waals surface area contributed by atoms with Crippen LogP contribution >= 0.6 is 11.6 Å². The average molecular weight is 278 g/mol. The number of hydrogen-bond donors (Lipinski definition) is 1. The largest absolute Gasteiger partial charge is 0.381 e. The van der Waals surface area contributed by atoms with Crippen molar-refractivity contribution in [2.75, 3.05) is 5.32 Å². The number of para-hydroxylation sites is 1. The summed E-state index contributed by atoms with van der Waals surface area (Å²) < 4.78 is 13.2. The Balaban J connectivity index is 2.14. The molecule has 2 aromatic rings. The smallest absolute Gasteiger partial charge is 0.125 e. The molecule has 0 fully saturated rings. The highest BCUT2D eigenvalue weighted by Crippen LogP contribution is 2.24. The number of rotatable bonds is 4. The number of benzene rings is 2. The zero-order chi connectivity index (χ0) is 13.8. The van der Waals surface area contributed by atoms with E-state index < -0.39 is 0 Å². The topological polar surface area (TPSA) is 12.0 Å². The fraction of sp³-hybridized carbons (Fsp3) is 0.250. The van der Waals surface area contributed by atoms with Crippen molar-refractivity contribution < 1.29 is 4.39 Å². The summed E-state index contributed by atoms with van der Waals surface area (Å²) in [7, 11) is 0. The molecule has 0 bridgehead atoms. The highest BCUT2D eigenvalue weighted by atomic mass is 35.5. The summed E-state index contributed by atoms with van der Waals surface area (Å²) >= 11 is 5.85. The first-order valence-electron chi connectivity index (χ1n) is 6.34. The van der Waals surface area contributed by atoms with Crippen LogP contribution in [0.1, 0.15) is 30.9 Å². The Morgan fingerprint density at radius 1 is 1.16 bits per heavy atom. The molecule has 0 heterocycles. The molecule has 0 radical (unpaired) electrons. The number of anilines is 1. The van der Waals surface area contributed by atoms with E-state index in [1.165, 1.54) is 17.7 Å². The zero-order valence-corrected chi connectivity index (χ0v) is 11.8. The van der Waals surface area contributed by atoms with E-state index >= 15 is 0 Å². The molecule has 0 saturated carbocycles. The first-order chi connectivity index (χ1) is 9.06. The van der Waals surface area contributed by atoms with Crippen molar-refractivity contribution in [3.05, 3.63) is 64.4 Å². The van der Waals surface area contributed by atoms with Crippen molar-refractivity contribution in [3.63, 3.8) is 0 Å². The molecule has 0 spiro atoms. The van der Waals surface area contributed by atoms with Crippen LogP contribution in [0, 0.1) is 5.82 Å². The highest BCUT2D eigenvalue weighted by molar-refractivity contribution is 6.30. The maximum atomic E-state index is 13.2. The van der Waals surface area contributed by atoms with Gasteiger partial charge in [0.05, 0.1) is 0 Å². The third-order valence-electron chi connectivity index (χ3n) is 2.99. The van der Waals surface area contributed by atoms with Gasteiger partial charge < -0.3 is 5.32 Å². The Morgan fingerprint density at radius 3 is 2.58 bits per heavy atom. The Bertz CT molecular complexity index is 546. The molecular weight excluding hydrogens is 261 g/mol. The van der Waals surface area contributed by atoms with Gasteiger partial charge in [-0.25, -0.2) is 4.39 Å². The summed E-state index contributed by atoms with van der Waals surface area (Å²) in [6.45, 7) is 4.86. The minimum atomic E-state index is -0.304. The molecule has 2 aromatic carbocycles. The minimum absolute atomic E-state index is 0.304. The predicted molar refractivity (Wildman–Crippen MR) is 79.3 cm³/mol. The molecule has 1 N–H and O–H groups in total. The van der Waals surface area contributed by atoms with Crippen molar-refractivity contribution in [2.24, 2.45) is 0 Å². The molecule has 0 aliphatic carbocycles. The van der Waals surface area contributed by atoms with Gasteiger partial charge in [-0.2, -0.15) is 0 Å². The van der Waals surface area contributed by atoms with Gasteiger partial charge in [-0.1, -0.05) is 43.6 Å². The first kappa shape index (κ1) is 13.9. The van der Waals surface area contributed by atoms with Crippen LogP contribution in [0.15, 0.2) is 42.5 Å². The lowest BCUT2D eigenvalue weighted by Crippen LogP contribution is -2.03. The molecule has 0 aliphatic rings. The Morgan fingerprint density at radius 2 is 1.89 bits per heavy atom. The van der Waals surface area contributed by atoms with E-state index in [4.69, 9.17) is 11.6 Å². The van der Waals surface area contributed by atoms with Crippen LogP contribution in [-0.2, 0) is 6.54 Å². The van der Waals surface area contributed by atoms with Gasteiger partial charge in [0, 0.05) is 17.3 Å². The van der Waals surface area contributed by atoms with Gasteiger partial charge in [-0.15, -0.1) is 0 Å². The maximum absolute atomic E-state index is 13.2. The van der Waals surface area contributed by atoms with Crippen molar-refractivity contribution in [1.29, 1.82) is 0 Å². The van der Waals surface area contributed by atoms with Gasteiger partial charge in [0.25, 0.3) is 0 Å². The van der Waals surface area contributed by atoms with Crippen molar-refractivity contribution >= 4 is 17.3 Å². The standard InChI is InChI=1S/C16H17ClFN/c1-11(2)15-5-3-4-6-16(15)19-10-12-7-13(17)9-14(18)8-12/h3-9,11,19H,10H2,1-2H3. The fourth-order valence-electron chi connectivity index (χ4n) is 2.07. The van der Waals surface area contributed by atoms with Crippen LogP contribution in [0.4, 0.5) is 10.1 Å². The molecule has 0 saturated heterocycles. The molecule has 0 amide bonds. The van der Waals surface area contributed by atoms with Crippen LogP contribution in [0.3, 0.4) is 0 Å². The monoisotopic (exact) mass is 277 g/mol. The minimum Gasteiger partial charge on any atom is -0.381 e. The van der Waals surface area contributed by atoms with E-state index in [1.54, 1.807) is 6.07 Å². The van der Waals surface area contributed by atoms with E-state index in [2.05, 4.69) is 25.2 Å². The summed E-state index contributed by atoms with van der Waals surface area (Å²) in [4.78, 5) is 0. The van der Waals surface area contributed by atoms with Crippen molar-refractivity contribution in [3.8, 4) is 0 Å². The van der Waals surface area contributed by atoms with Gasteiger partial charge >= 0.3 is 0 Å². The van der Waals surface area contributed by atoms with Gasteiger partial charge in [0.1, 0.15) is 5.82 Å². The fourth-order valence-corrected chi connectivity index (χ4v) is 2.32. The number of nitrogens with one attached hydrogen (secondary N) is 1. The molecular formula is C16H17ClFN. The summed E-state index contributed by atoms with van der Waals surface area (Å²) in [5.74, 6) is 0.140. The van der Waals surface area contributed by atoms with Crippen LogP contribution in [0.25, 0.3) is 0 Å². The Hall–Kier alpha value is -1.54. The lowest BCUT2D eigenvalue weighted by molar-refractivity contribution is 0.626. The number of hydrogen-bond acceptors (Lipinski definition) is 1. The van der Waals surface area contributed by atoms with E-state index in [-0.39, 0.29) is 5.82 Å². The lowest BCUT2D eigenvalue weighted by atomic mass is 10.0. The van der Waals surface area contributed by atoms with Crippen molar-refractivity contribution in [2.45, 2.75) is 26.3 Å². The van der Waals surface area contributed by atoms with E-state index in [9.17, 15) is 4.39 Å². The molecule has 0 aliphatic heterocycles. The summed E-state index contributed by atoms with van der Waals surface area (Å²) in [6.07, 6.45) is 0.